The van der Waals surface area contributed by atoms with Crippen LogP contribution in [0.3, 0.4) is 0 Å². The molecule has 0 fully saturated rings. The molecule has 1 aliphatic carbocycles. The summed E-state index contributed by atoms with van der Waals surface area (Å²) in [5, 5.41) is 8.28. The average Bonchev–Trinajstić information content (AvgIpc) is 2.43. The fraction of sp³-hybridized carbons (Fsp3) is 0.278. The van der Waals surface area contributed by atoms with Gasteiger partial charge in [0.05, 0.1) is 11.9 Å². The van der Waals surface area contributed by atoms with Crippen molar-refractivity contribution in [3.63, 3.8) is 0 Å². The van der Waals surface area contributed by atoms with E-state index in [9.17, 15) is 4.79 Å². The Labute approximate surface area is 139 Å². The standard InChI is InChI=1S/C18H19BrN2O/c1-12-9-13(10-16(17(12)22)18(2,3)4)11-20-21-15-7-5-14(19)6-8-15/h5-11H,1-4H3/b13-11-,21-20?. The number of allylic oxidation sites excluding steroid dienone is 5. The van der Waals surface area contributed by atoms with Gasteiger partial charge in [-0.2, -0.15) is 10.2 Å². The molecule has 0 bridgehead atoms. The zero-order valence-corrected chi connectivity index (χ0v) is 14.8. The molecule has 1 aliphatic rings. The number of Topliss-reactive ketones (excluding diaryl/α,β-unsaturated/α-hetero) is 1. The predicted molar refractivity (Wildman–Crippen MR) is 93.0 cm³/mol. The van der Waals surface area contributed by atoms with Crippen LogP contribution in [0.15, 0.2) is 74.0 Å². The molecule has 4 heteroatoms. The van der Waals surface area contributed by atoms with E-state index in [0.717, 1.165) is 26.9 Å². The van der Waals surface area contributed by atoms with Crippen LogP contribution in [-0.2, 0) is 4.79 Å². The molecule has 1 aromatic carbocycles. The van der Waals surface area contributed by atoms with Gasteiger partial charge in [0, 0.05) is 10.0 Å². The van der Waals surface area contributed by atoms with Gasteiger partial charge in [-0.1, -0.05) is 36.7 Å². The Morgan fingerprint density at radius 3 is 2.32 bits per heavy atom. The summed E-state index contributed by atoms with van der Waals surface area (Å²) in [4.78, 5) is 12.2. The smallest absolute Gasteiger partial charge is 0.185 e. The van der Waals surface area contributed by atoms with Crippen LogP contribution in [-0.4, -0.2) is 5.78 Å². The van der Waals surface area contributed by atoms with E-state index in [1.54, 1.807) is 6.20 Å². The van der Waals surface area contributed by atoms with Gasteiger partial charge < -0.3 is 0 Å². The summed E-state index contributed by atoms with van der Waals surface area (Å²) in [5.41, 5.74) is 3.03. The van der Waals surface area contributed by atoms with Crippen molar-refractivity contribution >= 4 is 27.4 Å². The van der Waals surface area contributed by atoms with Crippen molar-refractivity contribution in [1.29, 1.82) is 0 Å². The van der Waals surface area contributed by atoms with Gasteiger partial charge in [0.1, 0.15) is 0 Å². The maximum absolute atomic E-state index is 12.2. The molecule has 3 nitrogen and oxygen atoms in total. The predicted octanol–water partition coefficient (Wildman–Crippen LogP) is 5.92. The Hall–Kier alpha value is -1.81. The fourth-order valence-corrected chi connectivity index (χ4v) is 2.37. The van der Waals surface area contributed by atoms with Crippen LogP contribution in [0.25, 0.3) is 0 Å². The van der Waals surface area contributed by atoms with Crippen LogP contribution in [0.2, 0.25) is 0 Å². The van der Waals surface area contributed by atoms with E-state index in [4.69, 9.17) is 0 Å². The number of ketones is 1. The highest BCUT2D eigenvalue weighted by Gasteiger charge is 2.27. The van der Waals surface area contributed by atoms with Crippen molar-refractivity contribution in [3.05, 3.63) is 63.8 Å². The first-order chi connectivity index (χ1) is 10.3. The molecule has 0 saturated carbocycles. The number of halogens is 1. The average molecular weight is 359 g/mol. The van der Waals surface area contributed by atoms with E-state index in [-0.39, 0.29) is 11.2 Å². The van der Waals surface area contributed by atoms with Crippen molar-refractivity contribution < 1.29 is 4.79 Å². The van der Waals surface area contributed by atoms with E-state index >= 15 is 0 Å². The molecule has 2 rings (SSSR count). The molecule has 22 heavy (non-hydrogen) atoms. The second kappa shape index (κ2) is 6.53. The van der Waals surface area contributed by atoms with Gasteiger partial charge in [-0.15, -0.1) is 0 Å². The molecule has 0 spiro atoms. The molecule has 114 valence electrons. The highest BCUT2D eigenvalue weighted by Crippen LogP contribution is 2.32. The lowest BCUT2D eigenvalue weighted by Gasteiger charge is -2.24. The number of rotatable bonds is 2. The van der Waals surface area contributed by atoms with Crippen LogP contribution in [0.4, 0.5) is 5.69 Å². The number of benzene rings is 1. The maximum Gasteiger partial charge on any atom is 0.185 e. The Morgan fingerprint density at radius 1 is 1.09 bits per heavy atom. The maximum atomic E-state index is 12.2. The van der Waals surface area contributed by atoms with Gasteiger partial charge in [-0.3, -0.25) is 4.79 Å². The van der Waals surface area contributed by atoms with Gasteiger partial charge in [-0.05, 0) is 59.9 Å². The number of carbonyl (C=O) groups is 1. The fourth-order valence-electron chi connectivity index (χ4n) is 2.10. The Balaban J connectivity index is 2.25. The van der Waals surface area contributed by atoms with Crippen LogP contribution >= 0.6 is 15.9 Å². The van der Waals surface area contributed by atoms with E-state index in [1.165, 1.54) is 0 Å². The van der Waals surface area contributed by atoms with Gasteiger partial charge in [0.15, 0.2) is 5.78 Å². The summed E-state index contributed by atoms with van der Waals surface area (Å²) < 4.78 is 1.01. The first kappa shape index (κ1) is 16.6. The lowest BCUT2D eigenvalue weighted by Crippen LogP contribution is -2.21. The van der Waals surface area contributed by atoms with Crippen LogP contribution < -0.4 is 0 Å². The molecule has 0 aliphatic heterocycles. The molecule has 0 heterocycles. The normalized spacial score (nSPS) is 17.9. The zero-order valence-electron chi connectivity index (χ0n) is 13.2. The Morgan fingerprint density at radius 2 is 1.73 bits per heavy atom. The first-order valence-electron chi connectivity index (χ1n) is 7.09. The molecule has 0 unspecified atom stereocenters. The topological polar surface area (TPSA) is 41.8 Å². The largest absolute Gasteiger partial charge is 0.289 e. The summed E-state index contributed by atoms with van der Waals surface area (Å²) >= 11 is 3.38. The lowest BCUT2D eigenvalue weighted by molar-refractivity contribution is -0.113. The number of carbonyl (C=O) groups excluding carboxylic acids is 1. The minimum atomic E-state index is -0.186. The molecule has 0 atom stereocenters. The molecule has 0 radical (unpaired) electrons. The molecular weight excluding hydrogens is 340 g/mol. The minimum Gasteiger partial charge on any atom is -0.289 e. The summed E-state index contributed by atoms with van der Waals surface area (Å²) in [6.07, 6.45) is 5.43. The number of azo groups is 1. The van der Waals surface area contributed by atoms with Crippen LogP contribution in [0.1, 0.15) is 27.7 Å². The molecule has 0 N–H and O–H groups in total. The van der Waals surface area contributed by atoms with Gasteiger partial charge in [0.25, 0.3) is 0 Å². The van der Waals surface area contributed by atoms with Gasteiger partial charge >= 0.3 is 0 Å². The van der Waals surface area contributed by atoms with E-state index in [0.29, 0.717) is 0 Å². The van der Waals surface area contributed by atoms with Crippen LogP contribution in [0, 0.1) is 5.41 Å². The first-order valence-corrected chi connectivity index (χ1v) is 7.88. The van der Waals surface area contributed by atoms with Crippen molar-refractivity contribution in [2.45, 2.75) is 27.7 Å². The van der Waals surface area contributed by atoms with E-state index in [2.05, 4.69) is 26.2 Å². The van der Waals surface area contributed by atoms with E-state index < -0.39 is 0 Å². The van der Waals surface area contributed by atoms with Crippen molar-refractivity contribution in [1.82, 2.24) is 0 Å². The number of hydrogen-bond acceptors (Lipinski definition) is 3. The summed E-state index contributed by atoms with van der Waals surface area (Å²) in [6.45, 7) is 7.95. The summed E-state index contributed by atoms with van der Waals surface area (Å²) in [5.74, 6) is 0.106. The highest BCUT2D eigenvalue weighted by atomic mass is 79.9. The lowest BCUT2D eigenvalue weighted by atomic mass is 9.78. The zero-order chi connectivity index (χ0) is 16.3. The molecule has 0 aromatic heterocycles. The minimum absolute atomic E-state index is 0.106. The SMILES string of the molecule is CC1=C/C(=C/N=Nc2ccc(Br)cc2)C=C(C(C)(C)C)C1=O. The van der Waals surface area contributed by atoms with Gasteiger partial charge in [-0.25, -0.2) is 0 Å². The summed E-state index contributed by atoms with van der Waals surface area (Å²) in [7, 11) is 0. The quantitative estimate of drug-likeness (QED) is 0.605. The third-order valence-electron chi connectivity index (χ3n) is 3.31. The Kier molecular flexibility index (Phi) is 4.91. The third kappa shape index (κ3) is 4.10. The van der Waals surface area contributed by atoms with Crippen molar-refractivity contribution in [2.24, 2.45) is 15.6 Å². The van der Waals surface area contributed by atoms with Gasteiger partial charge in [0.2, 0.25) is 0 Å². The van der Waals surface area contributed by atoms with E-state index in [1.807, 2.05) is 64.1 Å². The molecule has 0 amide bonds. The number of nitrogens with zero attached hydrogens (tertiary/aromatic N) is 2. The molecule has 0 saturated heterocycles. The summed E-state index contributed by atoms with van der Waals surface area (Å²) in [6, 6.07) is 7.60. The Bertz CT molecular complexity index is 702. The monoisotopic (exact) mass is 358 g/mol. The van der Waals surface area contributed by atoms with Crippen molar-refractivity contribution in [2.75, 3.05) is 0 Å². The van der Waals surface area contributed by atoms with Crippen molar-refractivity contribution in [3.8, 4) is 0 Å². The highest BCUT2D eigenvalue weighted by molar-refractivity contribution is 9.10. The molecule has 1 aromatic rings. The van der Waals surface area contributed by atoms with Crippen LogP contribution in [0.5, 0.6) is 0 Å². The second-order valence-electron chi connectivity index (χ2n) is 6.29. The molecular formula is C18H19BrN2O. The second-order valence-corrected chi connectivity index (χ2v) is 7.20. The number of hydrogen-bond donors (Lipinski definition) is 0. The third-order valence-corrected chi connectivity index (χ3v) is 3.84.